The maximum absolute atomic E-state index is 13.0. The van der Waals surface area contributed by atoms with Gasteiger partial charge in [0.05, 0.1) is 11.6 Å². The van der Waals surface area contributed by atoms with Gasteiger partial charge in [-0.3, -0.25) is 9.36 Å². The SMILES string of the molecule is C=C(C)C(=O)C(CP(=O)(O)O)(c1ccccc1)c1ccccc1. The summed E-state index contributed by atoms with van der Waals surface area (Å²) >= 11 is 0. The van der Waals surface area contributed by atoms with Gasteiger partial charge in [0, 0.05) is 0 Å². The van der Waals surface area contributed by atoms with Gasteiger partial charge in [-0.2, -0.15) is 0 Å². The molecule has 0 aliphatic heterocycles. The summed E-state index contributed by atoms with van der Waals surface area (Å²) in [6, 6.07) is 17.4. The molecule has 0 saturated heterocycles. The van der Waals surface area contributed by atoms with E-state index in [2.05, 4.69) is 6.58 Å². The number of carbonyl (C=O) groups is 1. The third-order valence-corrected chi connectivity index (χ3v) is 4.64. The lowest BCUT2D eigenvalue weighted by Crippen LogP contribution is -2.41. The van der Waals surface area contributed by atoms with Gasteiger partial charge >= 0.3 is 7.60 Å². The Hall–Kier alpha value is -2.00. The Balaban J connectivity index is 2.81. The molecule has 0 aliphatic carbocycles. The monoisotopic (exact) mass is 330 g/mol. The van der Waals surface area contributed by atoms with E-state index in [9.17, 15) is 19.1 Å². The Labute approximate surface area is 135 Å². The molecule has 0 aromatic heterocycles. The van der Waals surface area contributed by atoms with Crippen LogP contribution >= 0.6 is 7.60 Å². The summed E-state index contributed by atoms with van der Waals surface area (Å²) in [5, 5.41) is 0. The van der Waals surface area contributed by atoms with Crippen molar-refractivity contribution in [2.75, 3.05) is 6.16 Å². The molecule has 23 heavy (non-hydrogen) atoms. The molecule has 0 bridgehead atoms. The maximum atomic E-state index is 13.0. The lowest BCUT2D eigenvalue weighted by Gasteiger charge is -2.34. The van der Waals surface area contributed by atoms with E-state index in [4.69, 9.17) is 0 Å². The number of hydrogen-bond acceptors (Lipinski definition) is 2. The van der Waals surface area contributed by atoms with Gasteiger partial charge in [0.15, 0.2) is 5.78 Å². The van der Waals surface area contributed by atoms with Crippen LogP contribution in [0.15, 0.2) is 72.8 Å². The molecular weight excluding hydrogens is 311 g/mol. The molecule has 0 amide bonds. The third kappa shape index (κ3) is 3.67. The fraction of sp³-hybridized carbons (Fsp3) is 0.167. The minimum Gasteiger partial charge on any atom is -0.324 e. The topological polar surface area (TPSA) is 74.6 Å². The average molecular weight is 330 g/mol. The Kier molecular flexibility index (Phi) is 5.00. The van der Waals surface area contributed by atoms with E-state index in [0.29, 0.717) is 11.1 Å². The molecule has 0 aliphatic rings. The summed E-state index contributed by atoms with van der Waals surface area (Å²) < 4.78 is 11.8. The average Bonchev–Trinajstić information content (AvgIpc) is 2.52. The van der Waals surface area contributed by atoms with Crippen LogP contribution < -0.4 is 0 Å². The van der Waals surface area contributed by atoms with E-state index < -0.39 is 25.0 Å². The van der Waals surface area contributed by atoms with E-state index in [0.717, 1.165) is 0 Å². The van der Waals surface area contributed by atoms with Crippen LogP contribution in [0, 0.1) is 0 Å². The van der Waals surface area contributed by atoms with Gasteiger partial charge in [-0.25, -0.2) is 0 Å². The summed E-state index contributed by atoms with van der Waals surface area (Å²) in [5.41, 5.74) is -0.107. The van der Waals surface area contributed by atoms with Crippen molar-refractivity contribution in [1.29, 1.82) is 0 Å². The summed E-state index contributed by atoms with van der Waals surface area (Å²) in [4.78, 5) is 32.3. The first-order valence-corrected chi connectivity index (χ1v) is 8.93. The molecule has 0 spiro atoms. The van der Waals surface area contributed by atoms with Crippen LogP contribution in [0.25, 0.3) is 0 Å². The fourth-order valence-electron chi connectivity index (χ4n) is 2.80. The van der Waals surface area contributed by atoms with Crippen molar-refractivity contribution < 1.29 is 19.1 Å². The molecule has 0 heterocycles. The van der Waals surface area contributed by atoms with Crippen LogP contribution in [0.2, 0.25) is 0 Å². The zero-order valence-corrected chi connectivity index (χ0v) is 13.7. The van der Waals surface area contributed by atoms with Gasteiger partial charge in [0.25, 0.3) is 0 Å². The second kappa shape index (κ2) is 6.63. The number of carbonyl (C=O) groups excluding carboxylic acids is 1. The van der Waals surface area contributed by atoms with E-state index >= 15 is 0 Å². The van der Waals surface area contributed by atoms with Crippen LogP contribution in [0.4, 0.5) is 0 Å². The van der Waals surface area contributed by atoms with Crippen molar-refractivity contribution in [3.05, 3.63) is 83.9 Å². The van der Waals surface area contributed by atoms with Crippen LogP contribution in [0.5, 0.6) is 0 Å². The summed E-state index contributed by atoms with van der Waals surface area (Å²) in [6.07, 6.45) is -0.598. The van der Waals surface area contributed by atoms with Crippen LogP contribution in [-0.2, 0) is 14.8 Å². The van der Waals surface area contributed by atoms with Crippen LogP contribution in [-0.4, -0.2) is 21.7 Å². The summed E-state index contributed by atoms with van der Waals surface area (Å²) in [7, 11) is -4.47. The largest absolute Gasteiger partial charge is 0.327 e. The number of allylic oxidation sites excluding steroid dienone is 1. The molecule has 0 saturated carbocycles. The van der Waals surface area contributed by atoms with Gasteiger partial charge < -0.3 is 9.79 Å². The van der Waals surface area contributed by atoms with Crippen molar-refractivity contribution in [1.82, 2.24) is 0 Å². The van der Waals surface area contributed by atoms with Gasteiger partial charge in [0.1, 0.15) is 0 Å². The first-order valence-electron chi connectivity index (χ1n) is 7.13. The molecule has 2 rings (SSSR count). The molecule has 2 aromatic carbocycles. The molecule has 5 heteroatoms. The predicted octanol–water partition coefficient (Wildman–Crippen LogP) is 3.30. The Morgan fingerprint density at radius 3 is 1.70 bits per heavy atom. The zero-order chi connectivity index (χ0) is 17.1. The highest BCUT2D eigenvalue weighted by Gasteiger charge is 2.46. The summed E-state index contributed by atoms with van der Waals surface area (Å²) in [6.45, 7) is 5.26. The molecule has 120 valence electrons. The number of ketones is 1. The number of Topliss-reactive ketones (excluding diaryl/α,β-unsaturated/α-hetero) is 1. The zero-order valence-electron chi connectivity index (χ0n) is 12.8. The van der Waals surface area contributed by atoms with Gasteiger partial charge in [-0.1, -0.05) is 67.2 Å². The highest BCUT2D eigenvalue weighted by Crippen LogP contribution is 2.48. The highest BCUT2D eigenvalue weighted by molar-refractivity contribution is 7.51. The predicted molar refractivity (Wildman–Crippen MR) is 90.4 cm³/mol. The van der Waals surface area contributed by atoms with Crippen LogP contribution in [0.1, 0.15) is 18.1 Å². The smallest absolute Gasteiger partial charge is 0.324 e. The highest BCUT2D eigenvalue weighted by atomic mass is 31.2. The Morgan fingerprint density at radius 2 is 1.39 bits per heavy atom. The minimum atomic E-state index is -4.47. The maximum Gasteiger partial charge on any atom is 0.327 e. The standard InChI is InChI=1S/C18H19O4P/c1-14(2)17(19)18(13-23(20,21)22,15-9-5-3-6-10-15)16-11-7-4-8-12-16/h3-12H,1,13H2,2H3,(H2,20,21,22). The fourth-order valence-corrected chi connectivity index (χ4v) is 3.93. The van der Waals surface area contributed by atoms with E-state index in [1.54, 1.807) is 67.6 Å². The first kappa shape index (κ1) is 17.4. The van der Waals surface area contributed by atoms with Gasteiger partial charge in [0.2, 0.25) is 0 Å². The molecular formula is C18H19O4P. The summed E-state index contributed by atoms with van der Waals surface area (Å²) in [5.74, 6) is -0.391. The van der Waals surface area contributed by atoms with E-state index in [1.165, 1.54) is 0 Å². The molecule has 0 unspecified atom stereocenters. The molecule has 0 atom stereocenters. The van der Waals surface area contributed by atoms with Crippen LogP contribution in [0.3, 0.4) is 0 Å². The quantitative estimate of drug-likeness (QED) is 0.629. The third-order valence-electron chi connectivity index (χ3n) is 3.75. The Bertz CT molecular complexity index is 708. The van der Waals surface area contributed by atoms with Gasteiger partial charge in [-0.15, -0.1) is 0 Å². The second-order valence-electron chi connectivity index (χ2n) is 5.57. The van der Waals surface area contributed by atoms with Crippen molar-refractivity contribution in [2.24, 2.45) is 0 Å². The van der Waals surface area contributed by atoms with E-state index in [-0.39, 0.29) is 5.57 Å². The molecule has 2 aromatic rings. The molecule has 0 radical (unpaired) electrons. The van der Waals surface area contributed by atoms with Crippen molar-refractivity contribution >= 4 is 13.4 Å². The number of rotatable bonds is 6. The van der Waals surface area contributed by atoms with Gasteiger partial charge in [-0.05, 0) is 23.6 Å². The Morgan fingerprint density at radius 1 is 1.00 bits per heavy atom. The second-order valence-corrected chi connectivity index (χ2v) is 7.22. The minimum absolute atomic E-state index is 0.256. The van der Waals surface area contributed by atoms with Crippen molar-refractivity contribution in [2.45, 2.75) is 12.3 Å². The first-order chi connectivity index (χ1) is 10.8. The lowest BCUT2D eigenvalue weighted by atomic mass is 9.71. The van der Waals surface area contributed by atoms with E-state index in [1.807, 2.05) is 0 Å². The lowest BCUT2D eigenvalue weighted by molar-refractivity contribution is -0.119. The molecule has 2 N–H and O–H groups in total. The normalized spacial score (nSPS) is 12.0. The molecule has 4 nitrogen and oxygen atoms in total. The number of hydrogen-bond donors (Lipinski definition) is 2. The number of benzene rings is 2. The molecule has 0 fully saturated rings. The van der Waals surface area contributed by atoms with Crippen molar-refractivity contribution in [3.8, 4) is 0 Å². The van der Waals surface area contributed by atoms with Crippen molar-refractivity contribution in [3.63, 3.8) is 0 Å².